The first-order valence-electron chi connectivity index (χ1n) is 8.85. The highest BCUT2D eigenvalue weighted by Crippen LogP contribution is 2.28. The standard InChI is InChI=1S/C20H25N3O.ClH.H2O/c1-15-13-22(14-20(24)21-15)11-6-12-23-18-9-4-2-7-16(18)17-8-3-5-10-19(17)23;;/h2-5,7-10,15,20-21,24H,6,11-14H2,1H3;1H;1H2/t15-,20+;;/m1../s1. The highest BCUT2D eigenvalue weighted by molar-refractivity contribution is 6.07. The summed E-state index contributed by atoms with van der Waals surface area (Å²) in [7, 11) is 0. The van der Waals surface area contributed by atoms with Crippen LogP contribution in [-0.4, -0.2) is 52.0 Å². The molecule has 0 saturated carbocycles. The zero-order valence-electron chi connectivity index (χ0n) is 15.1. The van der Waals surface area contributed by atoms with Gasteiger partial charge < -0.3 is 15.1 Å². The predicted molar refractivity (Wildman–Crippen MR) is 110 cm³/mol. The number of aromatic nitrogens is 1. The van der Waals surface area contributed by atoms with Crippen molar-refractivity contribution in [2.24, 2.45) is 0 Å². The Kier molecular flexibility index (Phi) is 7.03. The molecule has 4 rings (SSSR count). The summed E-state index contributed by atoms with van der Waals surface area (Å²) in [5.74, 6) is 0. The lowest BCUT2D eigenvalue weighted by Gasteiger charge is -2.35. The second-order valence-corrected chi connectivity index (χ2v) is 6.88. The molecule has 2 heterocycles. The van der Waals surface area contributed by atoms with E-state index in [9.17, 15) is 5.11 Å². The van der Waals surface area contributed by atoms with Gasteiger partial charge in [0.15, 0.2) is 0 Å². The monoisotopic (exact) mass is 377 g/mol. The Hall–Kier alpha value is -1.63. The van der Waals surface area contributed by atoms with Crippen molar-refractivity contribution in [2.45, 2.75) is 32.2 Å². The van der Waals surface area contributed by atoms with Crippen molar-refractivity contribution in [2.75, 3.05) is 19.6 Å². The number of para-hydroxylation sites is 2. The molecule has 1 fully saturated rings. The number of piperazine rings is 1. The van der Waals surface area contributed by atoms with E-state index in [0.717, 1.165) is 32.6 Å². The molecular weight excluding hydrogens is 350 g/mol. The number of nitrogens with zero attached hydrogens (tertiary/aromatic N) is 2. The van der Waals surface area contributed by atoms with Crippen LogP contribution in [0.5, 0.6) is 0 Å². The lowest BCUT2D eigenvalue weighted by atomic mass is 10.2. The summed E-state index contributed by atoms with van der Waals surface area (Å²) in [5.41, 5.74) is 2.62. The van der Waals surface area contributed by atoms with E-state index in [1.165, 1.54) is 21.8 Å². The normalized spacial score (nSPS) is 20.7. The largest absolute Gasteiger partial charge is 0.412 e. The summed E-state index contributed by atoms with van der Waals surface area (Å²) in [6, 6.07) is 17.7. The molecule has 0 radical (unpaired) electrons. The first-order chi connectivity index (χ1) is 11.7. The molecule has 26 heavy (non-hydrogen) atoms. The van der Waals surface area contributed by atoms with Crippen molar-refractivity contribution in [1.29, 1.82) is 0 Å². The topological polar surface area (TPSA) is 71.9 Å². The Morgan fingerprint density at radius 3 is 2.12 bits per heavy atom. The van der Waals surface area contributed by atoms with Crippen LogP contribution in [-0.2, 0) is 6.54 Å². The average Bonchev–Trinajstić information content (AvgIpc) is 2.89. The molecular formula is C20H28ClN3O2. The smallest absolute Gasteiger partial charge is 0.117 e. The highest BCUT2D eigenvalue weighted by atomic mass is 35.5. The fourth-order valence-corrected chi connectivity index (χ4v) is 4.02. The number of benzene rings is 2. The summed E-state index contributed by atoms with van der Waals surface area (Å²) in [6.45, 7) is 5.87. The SMILES string of the molecule is C[C@@H]1CN(CCCn2c3ccccc3c3ccccc32)C[C@H](O)N1.Cl.O. The Balaban J connectivity index is 0.00000121. The number of rotatable bonds is 4. The van der Waals surface area contributed by atoms with Gasteiger partial charge in [0, 0.05) is 54.0 Å². The number of hydrogen-bond donors (Lipinski definition) is 2. The minimum Gasteiger partial charge on any atom is -0.412 e. The second kappa shape index (κ2) is 8.84. The minimum atomic E-state index is -0.401. The Bertz CT molecular complexity index is 788. The van der Waals surface area contributed by atoms with Crippen molar-refractivity contribution in [3.63, 3.8) is 0 Å². The Morgan fingerprint density at radius 2 is 1.54 bits per heavy atom. The molecule has 3 aromatic rings. The quantitative estimate of drug-likeness (QED) is 0.733. The number of β-amino-alcohol motifs (C(OH)–C–C–N with tert-alkyl or cyclic N) is 1. The third-order valence-electron chi connectivity index (χ3n) is 4.98. The van der Waals surface area contributed by atoms with Gasteiger partial charge in [0.1, 0.15) is 6.23 Å². The van der Waals surface area contributed by atoms with Crippen LogP contribution in [0.4, 0.5) is 0 Å². The van der Waals surface area contributed by atoms with Crippen LogP contribution in [0.2, 0.25) is 0 Å². The fourth-order valence-electron chi connectivity index (χ4n) is 4.02. The van der Waals surface area contributed by atoms with Gasteiger partial charge in [0.05, 0.1) is 0 Å². The lowest BCUT2D eigenvalue weighted by molar-refractivity contribution is 0.0342. The first-order valence-corrected chi connectivity index (χ1v) is 8.85. The maximum Gasteiger partial charge on any atom is 0.117 e. The van der Waals surface area contributed by atoms with Crippen molar-refractivity contribution in [3.05, 3.63) is 48.5 Å². The van der Waals surface area contributed by atoms with Gasteiger partial charge >= 0.3 is 0 Å². The van der Waals surface area contributed by atoms with E-state index in [4.69, 9.17) is 0 Å². The van der Waals surface area contributed by atoms with Crippen molar-refractivity contribution in [1.82, 2.24) is 14.8 Å². The third-order valence-corrected chi connectivity index (χ3v) is 4.98. The van der Waals surface area contributed by atoms with E-state index in [0.29, 0.717) is 6.04 Å². The molecule has 0 amide bonds. The molecule has 0 spiro atoms. The molecule has 1 saturated heterocycles. The van der Waals surface area contributed by atoms with E-state index in [1.54, 1.807) is 0 Å². The predicted octanol–water partition coefficient (Wildman–Crippen LogP) is 2.39. The first kappa shape index (κ1) is 20.7. The number of aryl methyl sites for hydroxylation is 1. The van der Waals surface area contributed by atoms with E-state index >= 15 is 0 Å². The highest BCUT2D eigenvalue weighted by Gasteiger charge is 2.21. The average molecular weight is 378 g/mol. The zero-order chi connectivity index (χ0) is 16.5. The maximum atomic E-state index is 9.86. The second-order valence-electron chi connectivity index (χ2n) is 6.88. The van der Waals surface area contributed by atoms with E-state index in [-0.39, 0.29) is 17.9 Å². The van der Waals surface area contributed by atoms with Gasteiger partial charge in [-0.15, -0.1) is 12.4 Å². The van der Waals surface area contributed by atoms with Crippen LogP contribution in [0.1, 0.15) is 13.3 Å². The van der Waals surface area contributed by atoms with Crippen LogP contribution >= 0.6 is 12.4 Å². The van der Waals surface area contributed by atoms with Gasteiger partial charge in [-0.3, -0.25) is 10.2 Å². The molecule has 1 aromatic heterocycles. The summed E-state index contributed by atoms with van der Waals surface area (Å²) in [4.78, 5) is 2.36. The molecule has 2 aromatic carbocycles. The molecule has 0 bridgehead atoms. The molecule has 5 nitrogen and oxygen atoms in total. The number of aliphatic hydroxyl groups is 1. The molecule has 142 valence electrons. The maximum absolute atomic E-state index is 9.86. The molecule has 0 unspecified atom stereocenters. The van der Waals surface area contributed by atoms with Crippen molar-refractivity contribution >= 4 is 34.2 Å². The van der Waals surface area contributed by atoms with Crippen LogP contribution in [0.15, 0.2) is 48.5 Å². The van der Waals surface area contributed by atoms with Gasteiger partial charge in [-0.25, -0.2) is 0 Å². The van der Waals surface area contributed by atoms with Gasteiger partial charge in [-0.2, -0.15) is 0 Å². The van der Waals surface area contributed by atoms with Crippen molar-refractivity contribution in [3.8, 4) is 0 Å². The molecule has 1 aliphatic heterocycles. The number of nitrogens with one attached hydrogen (secondary N) is 1. The summed E-state index contributed by atoms with van der Waals surface area (Å²) < 4.78 is 2.44. The summed E-state index contributed by atoms with van der Waals surface area (Å²) in [5, 5.41) is 15.7. The Morgan fingerprint density at radius 1 is 0.962 bits per heavy atom. The van der Waals surface area contributed by atoms with E-state index < -0.39 is 6.23 Å². The molecule has 4 N–H and O–H groups in total. The van der Waals surface area contributed by atoms with E-state index in [2.05, 4.69) is 70.2 Å². The van der Waals surface area contributed by atoms with E-state index in [1.807, 2.05) is 0 Å². The van der Waals surface area contributed by atoms with Gasteiger partial charge in [0.2, 0.25) is 0 Å². The number of aliphatic hydroxyl groups excluding tert-OH is 1. The van der Waals surface area contributed by atoms with Crippen molar-refractivity contribution < 1.29 is 10.6 Å². The minimum absolute atomic E-state index is 0. The van der Waals surface area contributed by atoms with Gasteiger partial charge in [-0.1, -0.05) is 36.4 Å². The number of hydrogen-bond acceptors (Lipinski definition) is 3. The van der Waals surface area contributed by atoms with Crippen LogP contribution in [0.25, 0.3) is 21.8 Å². The Labute approximate surface area is 160 Å². The van der Waals surface area contributed by atoms with Gasteiger partial charge in [-0.05, 0) is 25.5 Å². The molecule has 2 atom stereocenters. The lowest BCUT2D eigenvalue weighted by Crippen LogP contribution is -2.55. The fraction of sp³-hybridized carbons (Fsp3) is 0.400. The summed E-state index contributed by atoms with van der Waals surface area (Å²) in [6.07, 6.45) is 0.684. The van der Waals surface area contributed by atoms with Gasteiger partial charge in [0.25, 0.3) is 0 Å². The summed E-state index contributed by atoms with van der Waals surface area (Å²) >= 11 is 0. The zero-order valence-corrected chi connectivity index (χ0v) is 15.9. The number of fused-ring (bicyclic) bond motifs is 3. The van der Waals surface area contributed by atoms with Crippen LogP contribution < -0.4 is 5.32 Å². The number of halogens is 1. The van der Waals surface area contributed by atoms with Crippen LogP contribution in [0, 0.1) is 0 Å². The molecule has 1 aliphatic rings. The third kappa shape index (κ3) is 4.03. The molecule has 0 aliphatic carbocycles. The molecule has 6 heteroatoms. The van der Waals surface area contributed by atoms with Crippen LogP contribution in [0.3, 0.4) is 0 Å².